The van der Waals surface area contributed by atoms with Crippen molar-refractivity contribution in [3.8, 4) is 11.3 Å². The number of aryl methyl sites for hydroxylation is 1. The van der Waals surface area contributed by atoms with Crippen LogP contribution in [-0.2, 0) is 11.2 Å². The van der Waals surface area contributed by atoms with Crippen LogP contribution in [-0.4, -0.2) is 30.0 Å². The van der Waals surface area contributed by atoms with Crippen LogP contribution in [0.25, 0.3) is 11.3 Å². The highest BCUT2D eigenvalue weighted by Gasteiger charge is 2.16. The van der Waals surface area contributed by atoms with Crippen LogP contribution in [0.2, 0.25) is 0 Å². The van der Waals surface area contributed by atoms with E-state index in [0.29, 0.717) is 24.9 Å². The number of amides is 1. The number of hydrogen-bond donors (Lipinski definition) is 2. The van der Waals surface area contributed by atoms with Crippen molar-refractivity contribution in [3.05, 3.63) is 41.9 Å². The van der Waals surface area contributed by atoms with E-state index in [4.69, 9.17) is 4.42 Å². The summed E-state index contributed by atoms with van der Waals surface area (Å²) in [4.78, 5) is 15.9. The van der Waals surface area contributed by atoms with Gasteiger partial charge in [0.1, 0.15) is 11.6 Å². The highest BCUT2D eigenvalue weighted by molar-refractivity contribution is 5.76. The zero-order valence-corrected chi connectivity index (χ0v) is 13.1. The molecule has 0 aliphatic carbocycles. The molecule has 1 atom stereocenters. The van der Waals surface area contributed by atoms with E-state index < -0.39 is 11.6 Å². The molecule has 2 aromatic rings. The molecule has 0 spiro atoms. The van der Waals surface area contributed by atoms with Crippen molar-refractivity contribution in [2.24, 2.45) is 0 Å². The van der Waals surface area contributed by atoms with Gasteiger partial charge in [0.05, 0.1) is 11.8 Å². The second-order valence-electron chi connectivity index (χ2n) is 5.84. The Kier molecular flexibility index (Phi) is 5.20. The normalized spacial score (nSPS) is 17.2. The first-order valence-electron chi connectivity index (χ1n) is 8.02. The summed E-state index contributed by atoms with van der Waals surface area (Å²) in [7, 11) is 0. The van der Waals surface area contributed by atoms with Gasteiger partial charge in [0.15, 0.2) is 11.7 Å². The molecule has 1 saturated heterocycles. The van der Waals surface area contributed by atoms with Gasteiger partial charge in [-0.3, -0.25) is 4.79 Å². The third kappa shape index (κ3) is 4.17. The lowest BCUT2D eigenvalue weighted by atomic mass is 10.2. The molecule has 1 aromatic carbocycles. The van der Waals surface area contributed by atoms with E-state index in [0.717, 1.165) is 31.5 Å². The zero-order chi connectivity index (χ0) is 16.9. The number of hydrogen-bond acceptors (Lipinski definition) is 4. The summed E-state index contributed by atoms with van der Waals surface area (Å²) in [6.45, 7) is 1.62. The van der Waals surface area contributed by atoms with Gasteiger partial charge in [-0.1, -0.05) is 0 Å². The zero-order valence-electron chi connectivity index (χ0n) is 13.1. The van der Waals surface area contributed by atoms with E-state index in [-0.39, 0.29) is 23.7 Å². The van der Waals surface area contributed by atoms with Gasteiger partial charge in [-0.25, -0.2) is 13.8 Å². The fourth-order valence-electron chi connectivity index (χ4n) is 2.72. The quantitative estimate of drug-likeness (QED) is 0.851. The van der Waals surface area contributed by atoms with Gasteiger partial charge in [0, 0.05) is 31.5 Å². The van der Waals surface area contributed by atoms with Crippen LogP contribution < -0.4 is 10.6 Å². The van der Waals surface area contributed by atoms with E-state index in [1.165, 1.54) is 12.3 Å². The topological polar surface area (TPSA) is 67.2 Å². The molecule has 1 amide bonds. The molecule has 7 heteroatoms. The smallest absolute Gasteiger partial charge is 0.220 e. The summed E-state index contributed by atoms with van der Waals surface area (Å²) in [6.07, 6.45) is 4.17. The molecule has 3 rings (SSSR count). The molecule has 1 unspecified atom stereocenters. The summed E-state index contributed by atoms with van der Waals surface area (Å²) >= 11 is 0. The largest absolute Gasteiger partial charge is 0.441 e. The Morgan fingerprint density at radius 3 is 3.04 bits per heavy atom. The lowest BCUT2D eigenvalue weighted by Gasteiger charge is -2.10. The molecule has 1 fully saturated rings. The Labute approximate surface area is 138 Å². The standard InChI is InChI=1S/C17H19F2N3O2/c18-11-3-4-13(14(19)8-11)15-10-22-17(24-15)6-5-16(23)21-9-12-2-1-7-20-12/h3-4,8,10,12,20H,1-2,5-7,9H2,(H,21,23). The molecule has 2 N–H and O–H groups in total. The summed E-state index contributed by atoms with van der Waals surface area (Å²) < 4.78 is 32.1. The molecule has 0 bridgehead atoms. The number of halogens is 2. The molecule has 0 saturated carbocycles. The van der Waals surface area contributed by atoms with Gasteiger partial charge in [-0.15, -0.1) is 0 Å². The molecule has 2 heterocycles. The molecule has 1 aromatic heterocycles. The Morgan fingerprint density at radius 2 is 2.29 bits per heavy atom. The monoisotopic (exact) mass is 335 g/mol. The van der Waals surface area contributed by atoms with Crippen LogP contribution >= 0.6 is 0 Å². The van der Waals surface area contributed by atoms with Crippen molar-refractivity contribution in [2.45, 2.75) is 31.7 Å². The highest BCUT2D eigenvalue weighted by Crippen LogP contribution is 2.24. The summed E-state index contributed by atoms with van der Waals surface area (Å²) in [5.74, 6) is -0.860. The molecule has 0 radical (unpaired) electrons. The first-order chi connectivity index (χ1) is 11.6. The average Bonchev–Trinajstić information content (AvgIpc) is 3.22. The van der Waals surface area contributed by atoms with Crippen LogP contribution in [0.4, 0.5) is 8.78 Å². The number of aromatic nitrogens is 1. The van der Waals surface area contributed by atoms with Crippen molar-refractivity contribution in [3.63, 3.8) is 0 Å². The number of carbonyl (C=O) groups excluding carboxylic acids is 1. The van der Waals surface area contributed by atoms with Crippen LogP contribution in [0.15, 0.2) is 28.8 Å². The molecule has 5 nitrogen and oxygen atoms in total. The van der Waals surface area contributed by atoms with Crippen molar-refractivity contribution >= 4 is 5.91 Å². The lowest BCUT2D eigenvalue weighted by Crippen LogP contribution is -2.37. The fourth-order valence-corrected chi connectivity index (χ4v) is 2.72. The second kappa shape index (κ2) is 7.53. The van der Waals surface area contributed by atoms with E-state index in [1.807, 2.05) is 0 Å². The van der Waals surface area contributed by atoms with Crippen LogP contribution in [0.5, 0.6) is 0 Å². The van der Waals surface area contributed by atoms with Crippen LogP contribution in [0.1, 0.15) is 25.2 Å². The summed E-state index contributed by atoms with van der Waals surface area (Å²) in [5.41, 5.74) is 0.145. The molecule has 24 heavy (non-hydrogen) atoms. The molecular weight excluding hydrogens is 316 g/mol. The maximum absolute atomic E-state index is 13.7. The first kappa shape index (κ1) is 16.6. The van der Waals surface area contributed by atoms with Gasteiger partial charge >= 0.3 is 0 Å². The van der Waals surface area contributed by atoms with Gasteiger partial charge in [-0.05, 0) is 31.5 Å². The van der Waals surface area contributed by atoms with E-state index in [2.05, 4.69) is 15.6 Å². The highest BCUT2D eigenvalue weighted by atomic mass is 19.1. The lowest BCUT2D eigenvalue weighted by molar-refractivity contribution is -0.121. The van der Waals surface area contributed by atoms with E-state index in [1.54, 1.807) is 0 Å². The molecule has 128 valence electrons. The summed E-state index contributed by atoms with van der Waals surface area (Å²) in [6, 6.07) is 3.60. The molecular formula is C17H19F2N3O2. The van der Waals surface area contributed by atoms with Gasteiger partial charge in [0.2, 0.25) is 5.91 Å². The van der Waals surface area contributed by atoms with E-state index >= 15 is 0 Å². The Morgan fingerprint density at radius 1 is 1.42 bits per heavy atom. The van der Waals surface area contributed by atoms with E-state index in [9.17, 15) is 13.6 Å². The van der Waals surface area contributed by atoms with Gasteiger partial charge in [0.25, 0.3) is 0 Å². The Bertz CT molecular complexity index is 712. The first-order valence-corrected chi connectivity index (χ1v) is 8.02. The predicted octanol–water partition coefficient (Wildman–Crippen LogP) is 2.42. The molecule has 1 aliphatic rings. The third-order valence-electron chi connectivity index (χ3n) is 4.02. The maximum atomic E-state index is 13.7. The minimum atomic E-state index is -0.709. The number of rotatable bonds is 6. The maximum Gasteiger partial charge on any atom is 0.220 e. The number of carbonyl (C=O) groups is 1. The van der Waals surface area contributed by atoms with Crippen molar-refractivity contribution in [2.75, 3.05) is 13.1 Å². The average molecular weight is 335 g/mol. The van der Waals surface area contributed by atoms with Crippen molar-refractivity contribution in [1.29, 1.82) is 0 Å². The Balaban J connectivity index is 1.51. The number of nitrogens with one attached hydrogen (secondary N) is 2. The summed E-state index contributed by atoms with van der Waals surface area (Å²) in [5, 5.41) is 6.18. The minimum absolute atomic E-state index is 0.0728. The van der Waals surface area contributed by atoms with Gasteiger partial charge in [-0.2, -0.15) is 0 Å². The second-order valence-corrected chi connectivity index (χ2v) is 5.84. The SMILES string of the molecule is O=C(CCc1ncc(-c2ccc(F)cc2F)o1)NCC1CCCN1. The number of benzene rings is 1. The Hall–Kier alpha value is -2.28. The van der Waals surface area contributed by atoms with Crippen LogP contribution in [0, 0.1) is 11.6 Å². The minimum Gasteiger partial charge on any atom is -0.441 e. The molecule has 1 aliphatic heterocycles. The third-order valence-corrected chi connectivity index (χ3v) is 4.02. The predicted molar refractivity (Wildman–Crippen MR) is 84.2 cm³/mol. The van der Waals surface area contributed by atoms with Gasteiger partial charge < -0.3 is 15.1 Å². The van der Waals surface area contributed by atoms with Crippen LogP contribution in [0.3, 0.4) is 0 Å². The fraction of sp³-hybridized carbons (Fsp3) is 0.412. The number of nitrogens with zero attached hydrogens (tertiary/aromatic N) is 1. The number of oxazole rings is 1. The van der Waals surface area contributed by atoms with Crippen molar-refractivity contribution in [1.82, 2.24) is 15.6 Å². The van der Waals surface area contributed by atoms with Crippen molar-refractivity contribution < 1.29 is 18.0 Å².